The minimum absolute atomic E-state index is 0.320. The predicted molar refractivity (Wildman–Crippen MR) is 101 cm³/mol. The highest BCUT2D eigenvalue weighted by Crippen LogP contribution is 2.42. The van der Waals surface area contributed by atoms with E-state index in [2.05, 4.69) is 39.8 Å². The van der Waals surface area contributed by atoms with Gasteiger partial charge in [-0.3, -0.25) is 0 Å². The summed E-state index contributed by atoms with van der Waals surface area (Å²) in [5, 5.41) is 19.9. The summed E-state index contributed by atoms with van der Waals surface area (Å²) < 4.78 is 0. The molecule has 0 aromatic heterocycles. The Morgan fingerprint density at radius 1 is 0.667 bits per heavy atom. The van der Waals surface area contributed by atoms with Gasteiger partial charge in [0.15, 0.2) is 0 Å². The fourth-order valence-corrected chi connectivity index (χ4v) is 3.59. The zero-order chi connectivity index (χ0) is 17.7. The second-order valence-corrected chi connectivity index (χ2v) is 7.66. The standard InChI is InChI=1S/C22H30O2/c1-15(2)11-21(17-7-5-9-19(23)13-17)22(12-16(3)4)18-8-6-10-20(24)14-18/h5-10,13-16,21-24H,11-12H2,1-4H3/t21-,22+. The Bertz CT molecular complexity index is 588. The summed E-state index contributed by atoms with van der Waals surface area (Å²) >= 11 is 0. The third-order valence-corrected chi connectivity index (χ3v) is 4.53. The summed E-state index contributed by atoms with van der Waals surface area (Å²) in [5.41, 5.74) is 2.36. The van der Waals surface area contributed by atoms with Crippen LogP contribution in [0.2, 0.25) is 0 Å². The molecule has 0 bridgehead atoms. The summed E-state index contributed by atoms with van der Waals surface area (Å²) in [6, 6.07) is 15.3. The van der Waals surface area contributed by atoms with Gasteiger partial charge in [-0.25, -0.2) is 0 Å². The van der Waals surface area contributed by atoms with Crippen molar-refractivity contribution in [3.05, 3.63) is 59.7 Å². The van der Waals surface area contributed by atoms with Crippen LogP contribution in [0, 0.1) is 11.8 Å². The van der Waals surface area contributed by atoms with E-state index in [4.69, 9.17) is 0 Å². The topological polar surface area (TPSA) is 40.5 Å². The van der Waals surface area contributed by atoms with Crippen molar-refractivity contribution in [1.29, 1.82) is 0 Å². The van der Waals surface area contributed by atoms with Crippen molar-refractivity contribution in [2.24, 2.45) is 11.8 Å². The van der Waals surface area contributed by atoms with Gasteiger partial charge in [0.25, 0.3) is 0 Å². The molecule has 24 heavy (non-hydrogen) atoms. The van der Waals surface area contributed by atoms with Gasteiger partial charge < -0.3 is 10.2 Å². The monoisotopic (exact) mass is 326 g/mol. The van der Waals surface area contributed by atoms with Gasteiger partial charge in [0.2, 0.25) is 0 Å². The Morgan fingerprint density at radius 2 is 1.04 bits per heavy atom. The second-order valence-electron chi connectivity index (χ2n) is 7.66. The molecule has 0 radical (unpaired) electrons. The molecule has 0 aliphatic rings. The maximum Gasteiger partial charge on any atom is 0.115 e. The Balaban J connectivity index is 2.47. The minimum atomic E-state index is 0.320. The molecular weight excluding hydrogens is 296 g/mol. The molecule has 0 amide bonds. The molecule has 2 N–H and O–H groups in total. The number of rotatable bonds is 7. The van der Waals surface area contributed by atoms with Gasteiger partial charge in [-0.2, -0.15) is 0 Å². The molecule has 0 unspecified atom stereocenters. The highest BCUT2D eigenvalue weighted by Gasteiger charge is 2.27. The largest absolute Gasteiger partial charge is 0.508 e. The first kappa shape index (κ1) is 18.4. The molecule has 2 heteroatoms. The maximum absolute atomic E-state index is 9.93. The zero-order valence-electron chi connectivity index (χ0n) is 15.2. The molecule has 0 fully saturated rings. The van der Waals surface area contributed by atoms with Crippen LogP contribution in [0.3, 0.4) is 0 Å². The average molecular weight is 326 g/mol. The highest BCUT2D eigenvalue weighted by atomic mass is 16.3. The molecule has 0 aliphatic heterocycles. The van der Waals surface area contributed by atoms with Crippen LogP contribution in [0.5, 0.6) is 11.5 Å². The normalized spacial score (nSPS) is 14.1. The first-order chi connectivity index (χ1) is 11.4. The third-order valence-electron chi connectivity index (χ3n) is 4.53. The van der Waals surface area contributed by atoms with Crippen LogP contribution in [0.15, 0.2) is 48.5 Å². The van der Waals surface area contributed by atoms with E-state index in [1.54, 1.807) is 12.1 Å². The van der Waals surface area contributed by atoms with Gasteiger partial charge in [0.1, 0.15) is 11.5 Å². The van der Waals surface area contributed by atoms with Gasteiger partial charge in [0, 0.05) is 0 Å². The van der Waals surface area contributed by atoms with Crippen molar-refractivity contribution in [1.82, 2.24) is 0 Å². The van der Waals surface area contributed by atoms with Crippen LogP contribution in [-0.4, -0.2) is 10.2 Å². The highest BCUT2D eigenvalue weighted by molar-refractivity contribution is 5.36. The van der Waals surface area contributed by atoms with Gasteiger partial charge >= 0.3 is 0 Å². The smallest absolute Gasteiger partial charge is 0.115 e. The van der Waals surface area contributed by atoms with Crippen molar-refractivity contribution >= 4 is 0 Å². The number of hydrogen-bond acceptors (Lipinski definition) is 2. The number of phenolic OH excluding ortho intramolecular Hbond substituents is 2. The fraction of sp³-hybridized carbons (Fsp3) is 0.455. The molecule has 2 atom stereocenters. The quantitative estimate of drug-likeness (QED) is 0.649. The molecule has 130 valence electrons. The van der Waals surface area contributed by atoms with Gasteiger partial charge in [-0.15, -0.1) is 0 Å². The van der Waals surface area contributed by atoms with E-state index in [0.29, 0.717) is 35.2 Å². The lowest BCUT2D eigenvalue weighted by Crippen LogP contribution is -2.16. The molecule has 2 rings (SSSR count). The van der Waals surface area contributed by atoms with Crippen LogP contribution >= 0.6 is 0 Å². The summed E-state index contributed by atoms with van der Waals surface area (Å²) in [4.78, 5) is 0. The number of aromatic hydroxyl groups is 2. The van der Waals surface area contributed by atoms with Gasteiger partial charge in [-0.05, 0) is 71.9 Å². The first-order valence-electron chi connectivity index (χ1n) is 8.94. The molecule has 2 aromatic carbocycles. The zero-order valence-corrected chi connectivity index (χ0v) is 15.2. The van der Waals surface area contributed by atoms with E-state index in [1.165, 1.54) is 11.1 Å². The SMILES string of the molecule is CC(C)C[C@H](c1cccc(O)c1)[C@@H](CC(C)C)c1cccc(O)c1. The molecule has 0 aliphatic carbocycles. The Labute approximate surface area is 146 Å². The number of benzene rings is 2. The van der Waals surface area contributed by atoms with E-state index in [0.717, 1.165) is 12.8 Å². The fourth-order valence-electron chi connectivity index (χ4n) is 3.59. The molecule has 0 heterocycles. The molecule has 2 nitrogen and oxygen atoms in total. The molecular formula is C22H30O2. The Hall–Kier alpha value is -1.96. The van der Waals surface area contributed by atoms with Crippen LogP contribution in [0.25, 0.3) is 0 Å². The number of hydrogen-bond donors (Lipinski definition) is 2. The van der Waals surface area contributed by atoms with Crippen LogP contribution < -0.4 is 0 Å². The third kappa shape index (κ3) is 5.02. The van der Waals surface area contributed by atoms with Crippen molar-refractivity contribution in [3.63, 3.8) is 0 Å². The summed E-state index contributed by atoms with van der Waals surface area (Å²) in [5.74, 6) is 2.40. The van der Waals surface area contributed by atoms with E-state index < -0.39 is 0 Å². The molecule has 2 aromatic rings. The summed E-state index contributed by atoms with van der Waals surface area (Å²) in [6.07, 6.45) is 2.10. The van der Waals surface area contributed by atoms with Crippen LogP contribution in [0.4, 0.5) is 0 Å². The van der Waals surface area contributed by atoms with Crippen molar-refractivity contribution < 1.29 is 10.2 Å². The van der Waals surface area contributed by atoms with E-state index >= 15 is 0 Å². The van der Waals surface area contributed by atoms with Gasteiger partial charge in [-0.1, -0.05) is 52.0 Å². The van der Waals surface area contributed by atoms with Crippen LogP contribution in [-0.2, 0) is 0 Å². The molecule has 0 spiro atoms. The Kier molecular flexibility index (Phi) is 6.30. The number of phenols is 2. The summed E-state index contributed by atoms with van der Waals surface area (Å²) in [6.45, 7) is 8.96. The minimum Gasteiger partial charge on any atom is -0.508 e. The lowest BCUT2D eigenvalue weighted by molar-refractivity contribution is 0.380. The van der Waals surface area contributed by atoms with E-state index in [1.807, 2.05) is 24.3 Å². The van der Waals surface area contributed by atoms with Crippen molar-refractivity contribution in [3.8, 4) is 11.5 Å². The maximum atomic E-state index is 9.93. The lowest BCUT2D eigenvalue weighted by atomic mass is 9.73. The van der Waals surface area contributed by atoms with Crippen LogP contribution in [0.1, 0.15) is 63.5 Å². The van der Waals surface area contributed by atoms with E-state index in [9.17, 15) is 10.2 Å². The van der Waals surface area contributed by atoms with E-state index in [-0.39, 0.29) is 0 Å². The van der Waals surface area contributed by atoms with Crippen molar-refractivity contribution in [2.75, 3.05) is 0 Å². The first-order valence-corrected chi connectivity index (χ1v) is 8.94. The molecule has 0 saturated carbocycles. The lowest BCUT2D eigenvalue weighted by Gasteiger charge is -2.31. The second kappa shape index (κ2) is 8.23. The Morgan fingerprint density at radius 3 is 1.33 bits per heavy atom. The van der Waals surface area contributed by atoms with Gasteiger partial charge in [0.05, 0.1) is 0 Å². The summed E-state index contributed by atoms with van der Waals surface area (Å²) in [7, 11) is 0. The van der Waals surface area contributed by atoms with Crippen molar-refractivity contribution in [2.45, 2.75) is 52.4 Å². The predicted octanol–water partition coefficient (Wildman–Crippen LogP) is 6.06. The average Bonchev–Trinajstić information content (AvgIpc) is 2.50. The molecule has 0 saturated heterocycles.